The maximum absolute atomic E-state index is 12.1. The second-order valence-electron chi connectivity index (χ2n) is 9.18. The Kier molecular flexibility index (Phi) is 7.61. The van der Waals surface area contributed by atoms with Crippen LogP contribution in [0.3, 0.4) is 0 Å². The van der Waals surface area contributed by atoms with Crippen LogP contribution in [0.25, 0.3) is 20.7 Å². The van der Waals surface area contributed by atoms with Crippen LogP contribution < -0.4 is 32.3 Å². The van der Waals surface area contributed by atoms with E-state index in [1.807, 2.05) is 6.92 Å². The van der Waals surface area contributed by atoms with Crippen LogP contribution in [0.4, 0.5) is 11.9 Å². The molecule has 19 heteroatoms. The van der Waals surface area contributed by atoms with Crippen molar-refractivity contribution < 1.29 is 24.8 Å². The molecule has 4 aromatic rings. The van der Waals surface area contributed by atoms with E-state index in [1.54, 1.807) is 0 Å². The molecule has 6 heterocycles. The Balaban J connectivity index is 0.000000161. The van der Waals surface area contributed by atoms with Gasteiger partial charge in [0.1, 0.15) is 21.6 Å². The third-order valence-corrected chi connectivity index (χ3v) is 8.37. The van der Waals surface area contributed by atoms with Gasteiger partial charge < -0.3 is 36.3 Å². The van der Waals surface area contributed by atoms with Crippen molar-refractivity contribution >= 4 is 55.3 Å². The van der Waals surface area contributed by atoms with E-state index in [-0.39, 0.29) is 51.7 Å². The van der Waals surface area contributed by atoms with Gasteiger partial charge in [0, 0.05) is 12.8 Å². The number of aliphatic hydroxyl groups excluding tert-OH is 3. The standard InChI is InChI=1S/C11H14N4O4S.C10H12N4O5S/c1-2-4-3-5(16)9(19-4)15-7-6(20-11(15)18)8(17)14-10(12)13-7;11-9-12-6-5(7(17)13-9)20-10(18)14(6)8-4(16)1-3(2-15)19-8/h4-5,9,16H,2-3H2,1H3,(H3,12,13,14,17);3-4,8,15-16H,1-2H2,(H3,11,12,13,17)/t4-,5-,9-;3-,4+,8+/m10/s1. The summed E-state index contributed by atoms with van der Waals surface area (Å²) in [6.07, 6.45) is -2.87. The normalized spacial score (nSPS) is 26.4. The van der Waals surface area contributed by atoms with Crippen LogP contribution in [0.2, 0.25) is 0 Å². The van der Waals surface area contributed by atoms with Gasteiger partial charge in [0.15, 0.2) is 23.8 Å². The number of hydrogen-bond donors (Lipinski definition) is 7. The van der Waals surface area contributed by atoms with Gasteiger partial charge in [-0.25, -0.2) is 0 Å². The Labute approximate surface area is 230 Å². The summed E-state index contributed by atoms with van der Waals surface area (Å²) in [5.41, 5.74) is 10.2. The summed E-state index contributed by atoms with van der Waals surface area (Å²) >= 11 is 1.47. The molecule has 0 saturated carbocycles. The molecule has 0 aliphatic carbocycles. The first-order valence-electron chi connectivity index (χ1n) is 12.1. The van der Waals surface area contributed by atoms with Gasteiger partial charge >= 0.3 is 9.75 Å². The number of nitrogens with zero attached hydrogens (tertiary/aromatic N) is 4. The zero-order valence-electron chi connectivity index (χ0n) is 20.8. The molecule has 0 bridgehead atoms. The number of nitrogen functional groups attached to an aromatic ring is 2. The van der Waals surface area contributed by atoms with Crippen molar-refractivity contribution in [2.24, 2.45) is 0 Å². The number of nitrogens with one attached hydrogen (secondary N) is 2. The number of aromatic amines is 2. The van der Waals surface area contributed by atoms with E-state index in [2.05, 4.69) is 19.9 Å². The van der Waals surface area contributed by atoms with Gasteiger partial charge in [-0.05, 0) is 6.42 Å². The van der Waals surface area contributed by atoms with Crippen LogP contribution >= 0.6 is 22.7 Å². The maximum Gasteiger partial charge on any atom is 0.311 e. The highest BCUT2D eigenvalue weighted by atomic mass is 32.1. The molecule has 9 N–H and O–H groups in total. The zero-order valence-corrected chi connectivity index (χ0v) is 22.5. The summed E-state index contributed by atoms with van der Waals surface area (Å²) in [6.45, 7) is 1.68. The number of anilines is 2. The summed E-state index contributed by atoms with van der Waals surface area (Å²) in [5.74, 6) is -0.200. The molecule has 2 fully saturated rings. The number of hydrogen-bond acceptors (Lipinski definition) is 15. The first-order chi connectivity index (χ1) is 19.0. The molecule has 0 aromatic carbocycles. The molecular formula is C21H26N8O9S2. The van der Waals surface area contributed by atoms with Crippen molar-refractivity contribution in [3.05, 3.63) is 40.0 Å². The molecule has 2 aliphatic rings. The number of thiazole rings is 2. The third-order valence-electron chi connectivity index (χ3n) is 6.48. The molecule has 0 unspecified atom stereocenters. The summed E-state index contributed by atoms with van der Waals surface area (Å²) in [5, 5.41) is 29.1. The first-order valence-corrected chi connectivity index (χ1v) is 13.7. The molecule has 0 radical (unpaired) electrons. The van der Waals surface area contributed by atoms with Crippen LogP contribution in [0.15, 0.2) is 19.2 Å². The molecule has 216 valence electrons. The fourth-order valence-electron chi connectivity index (χ4n) is 4.64. The number of aliphatic hydroxyl groups is 3. The average Bonchev–Trinajstić information content (AvgIpc) is 3.62. The highest BCUT2D eigenvalue weighted by Gasteiger charge is 2.38. The topological polar surface area (TPSA) is 267 Å². The largest absolute Gasteiger partial charge is 0.394 e. The molecule has 40 heavy (non-hydrogen) atoms. The molecule has 6 rings (SSSR count). The Morgan fingerprint density at radius 3 is 1.65 bits per heavy atom. The van der Waals surface area contributed by atoms with Crippen molar-refractivity contribution in [3.8, 4) is 0 Å². The van der Waals surface area contributed by atoms with Gasteiger partial charge in [0.05, 0.1) is 18.8 Å². The average molecular weight is 599 g/mol. The lowest BCUT2D eigenvalue weighted by molar-refractivity contribution is -0.0495. The Morgan fingerprint density at radius 2 is 1.27 bits per heavy atom. The number of rotatable bonds is 4. The van der Waals surface area contributed by atoms with E-state index in [0.29, 0.717) is 17.8 Å². The highest BCUT2D eigenvalue weighted by molar-refractivity contribution is 7.16. The van der Waals surface area contributed by atoms with Crippen molar-refractivity contribution in [1.29, 1.82) is 0 Å². The number of aromatic nitrogens is 6. The lowest BCUT2D eigenvalue weighted by atomic mass is 10.1. The second kappa shape index (κ2) is 10.8. The molecule has 2 aliphatic heterocycles. The first kappa shape index (κ1) is 28.1. The Hall–Kier alpha value is -3.46. The molecule has 2 saturated heterocycles. The van der Waals surface area contributed by atoms with E-state index in [9.17, 15) is 29.4 Å². The van der Waals surface area contributed by atoms with Crippen LogP contribution in [0, 0.1) is 0 Å². The zero-order chi connectivity index (χ0) is 28.9. The molecule has 0 spiro atoms. The summed E-state index contributed by atoms with van der Waals surface area (Å²) < 4.78 is 13.7. The van der Waals surface area contributed by atoms with Crippen molar-refractivity contribution in [2.75, 3.05) is 18.1 Å². The van der Waals surface area contributed by atoms with Gasteiger partial charge in [-0.3, -0.25) is 38.3 Å². The summed E-state index contributed by atoms with van der Waals surface area (Å²) in [4.78, 5) is 59.3. The predicted molar refractivity (Wildman–Crippen MR) is 144 cm³/mol. The van der Waals surface area contributed by atoms with E-state index in [0.717, 1.165) is 22.3 Å². The molecule has 6 atom stereocenters. The minimum absolute atomic E-state index is 0.0730. The highest BCUT2D eigenvalue weighted by Crippen LogP contribution is 2.32. The lowest BCUT2D eigenvalue weighted by Crippen LogP contribution is -2.27. The van der Waals surface area contributed by atoms with Crippen LogP contribution in [0.5, 0.6) is 0 Å². The smallest absolute Gasteiger partial charge is 0.311 e. The lowest BCUT2D eigenvalue weighted by Gasteiger charge is -2.15. The van der Waals surface area contributed by atoms with E-state index in [1.165, 1.54) is 4.57 Å². The SMILES string of the molecule is CC[C@@H]1C[C@@H](O)[C@H](n2c(=O)sc3c(=O)[nH]c(N)nc32)O1.Nc1nc2c(sc(=O)n2[C@@H]2O[C@H](CO)C[C@H]2O)c(=O)[nH]1. The predicted octanol–water partition coefficient (Wildman–Crippen LogP) is -1.84. The molecule has 4 aromatic heterocycles. The van der Waals surface area contributed by atoms with Crippen molar-refractivity contribution in [3.63, 3.8) is 0 Å². The van der Waals surface area contributed by atoms with Crippen molar-refractivity contribution in [1.82, 2.24) is 29.1 Å². The van der Waals surface area contributed by atoms with Crippen molar-refractivity contribution in [2.45, 2.75) is 63.1 Å². The monoisotopic (exact) mass is 598 g/mol. The fraction of sp³-hybridized carbons (Fsp3) is 0.524. The van der Waals surface area contributed by atoms with E-state index >= 15 is 0 Å². The summed E-state index contributed by atoms with van der Waals surface area (Å²) in [6, 6.07) is 0. The van der Waals surface area contributed by atoms with Gasteiger partial charge in [0.25, 0.3) is 11.1 Å². The number of fused-ring (bicyclic) bond motifs is 2. The van der Waals surface area contributed by atoms with Gasteiger partial charge in [-0.1, -0.05) is 29.6 Å². The van der Waals surface area contributed by atoms with Gasteiger partial charge in [-0.15, -0.1) is 0 Å². The third kappa shape index (κ3) is 4.96. The van der Waals surface area contributed by atoms with Crippen LogP contribution in [0.1, 0.15) is 38.6 Å². The van der Waals surface area contributed by atoms with Gasteiger partial charge in [-0.2, -0.15) is 9.97 Å². The molecule has 17 nitrogen and oxygen atoms in total. The number of H-pyrrole nitrogens is 2. The maximum atomic E-state index is 12.1. The number of ether oxygens (including phenoxy) is 2. The fourth-order valence-corrected chi connectivity index (χ4v) is 6.33. The Morgan fingerprint density at radius 1 is 0.850 bits per heavy atom. The minimum atomic E-state index is -0.984. The molecule has 0 amide bonds. The Bertz CT molecular complexity index is 1660. The second-order valence-corrected chi connectivity index (χ2v) is 11.1. The van der Waals surface area contributed by atoms with Gasteiger partial charge in [0.2, 0.25) is 11.9 Å². The van der Waals surface area contributed by atoms with Crippen LogP contribution in [-0.2, 0) is 9.47 Å². The quantitative estimate of drug-likeness (QED) is 0.136. The van der Waals surface area contributed by atoms with E-state index in [4.69, 9.17) is 26.0 Å². The number of nitrogens with two attached hydrogens (primary N) is 2. The minimum Gasteiger partial charge on any atom is -0.394 e. The van der Waals surface area contributed by atoms with E-state index < -0.39 is 51.6 Å². The summed E-state index contributed by atoms with van der Waals surface area (Å²) in [7, 11) is 0. The molecular weight excluding hydrogens is 572 g/mol. The van der Waals surface area contributed by atoms with Crippen LogP contribution in [-0.4, -0.2) is 75.4 Å².